The van der Waals surface area contributed by atoms with Crippen molar-refractivity contribution in [3.05, 3.63) is 88.7 Å². The van der Waals surface area contributed by atoms with Crippen LogP contribution >= 0.6 is 11.6 Å². The maximum atomic E-state index is 13.2. The fourth-order valence-corrected chi connectivity index (χ4v) is 3.61. The Bertz CT molecular complexity index is 1110. The molecule has 1 amide bonds. The number of carbonyl (C=O) groups excluding carboxylic acids is 1. The molecule has 2 N–H and O–H groups in total. The van der Waals surface area contributed by atoms with Crippen LogP contribution < -0.4 is 10.0 Å². The van der Waals surface area contributed by atoms with E-state index in [1.165, 1.54) is 6.20 Å². The smallest absolute Gasteiger partial charge is 0.253 e. The number of hydrogen-bond donors (Lipinski definition) is 2. The lowest BCUT2D eigenvalue weighted by Crippen LogP contribution is -2.25. The number of sulfonamides is 1. The minimum Gasteiger partial charge on any atom is -0.348 e. The Labute approximate surface area is 172 Å². The molecule has 0 unspecified atom stereocenters. The van der Waals surface area contributed by atoms with E-state index < -0.39 is 15.8 Å². The van der Waals surface area contributed by atoms with Crippen molar-refractivity contribution in [3.8, 4) is 0 Å². The van der Waals surface area contributed by atoms with Crippen molar-refractivity contribution in [1.82, 2.24) is 20.0 Å². The van der Waals surface area contributed by atoms with Gasteiger partial charge in [-0.15, -0.1) is 0 Å². The summed E-state index contributed by atoms with van der Waals surface area (Å²) in [5.41, 5.74) is 1.66. The number of halogens is 2. The van der Waals surface area contributed by atoms with Gasteiger partial charge >= 0.3 is 0 Å². The zero-order valence-electron chi connectivity index (χ0n) is 15.0. The maximum absolute atomic E-state index is 13.2. The minimum absolute atomic E-state index is 0.101. The highest BCUT2D eigenvalue weighted by atomic mass is 35.5. The molecule has 0 aliphatic rings. The quantitative estimate of drug-likeness (QED) is 0.595. The Balaban J connectivity index is 1.58. The summed E-state index contributed by atoms with van der Waals surface area (Å²) >= 11 is 5.63. The highest BCUT2D eigenvalue weighted by Crippen LogP contribution is 2.19. The van der Waals surface area contributed by atoms with Crippen LogP contribution in [-0.2, 0) is 23.1 Å². The van der Waals surface area contributed by atoms with Crippen LogP contribution in [-0.4, -0.2) is 24.3 Å². The Morgan fingerprint density at radius 3 is 2.48 bits per heavy atom. The monoisotopic (exact) mass is 434 g/mol. The van der Waals surface area contributed by atoms with Crippen molar-refractivity contribution in [2.75, 3.05) is 0 Å². The molecular formula is C19H16ClFN4O3S. The van der Waals surface area contributed by atoms with Gasteiger partial charge in [0.25, 0.3) is 5.91 Å². The summed E-state index contributed by atoms with van der Waals surface area (Å²) in [5.74, 6) is -1.01. The molecule has 7 nitrogen and oxygen atoms in total. The number of aromatic nitrogens is 2. The molecular weight excluding hydrogens is 419 g/mol. The van der Waals surface area contributed by atoms with Gasteiger partial charge in [-0.3, -0.25) is 14.8 Å². The molecule has 0 aliphatic carbocycles. The van der Waals surface area contributed by atoms with Crippen LogP contribution in [0.25, 0.3) is 0 Å². The van der Waals surface area contributed by atoms with E-state index in [9.17, 15) is 17.6 Å². The van der Waals surface area contributed by atoms with Gasteiger partial charge in [-0.05, 0) is 48.0 Å². The molecule has 29 heavy (non-hydrogen) atoms. The van der Waals surface area contributed by atoms with E-state index in [1.807, 2.05) is 0 Å². The first-order valence-electron chi connectivity index (χ1n) is 8.42. The molecule has 0 spiro atoms. The van der Waals surface area contributed by atoms with Gasteiger partial charge in [-0.2, -0.15) is 0 Å². The SMILES string of the molecule is O=C(NCc1ccncc1)c1ccc(CNS(=O)(=O)c2ccc(F)c(Cl)c2)nc1. The fourth-order valence-electron chi connectivity index (χ4n) is 2.34. The second-order valence-electron chi connectivity index (χ2n) is 5.98. The third-order valence-electron chi connectivity index (χ3n) is 3.93. The fraction of sp³-hybridized carbons (Fsp3) is 0.105. The third kappa shape index (κ3) is 5.57. The van der Waals surface area contributed by atoms with Crippen molar-refractivity contribution in [3.63, 3.8) is 0 Å². The molecule has 2 aromatic heterocycles. The first kappa shape index (κ1) is 20.8. The molecule has 150 valence electrons. The van der Waals surface area contributed by atoms with Crippen molar-refractivity contribution in [2.24, 2.45) is 0 Å². The van der Waals surface area contributed by atoms with E-state index in [4.69, 9.17) is 11.6 Å². The van der Waals surface area contributed by atoms with Gasteiger partial charge in [0.05, 0.1) is 27.7 Å². The van der Waals surface area contributed by atoms with Gasteiger partial charge in [0.15, 0.2) is 0 Å². The van der Waals surface area contributed by atoms with Gasteiger partial charge in [0.2, 0.25) is 10.0 Å². The third-order valence-corrected chi connectivity index (χ3v) is 5.62. The van der Waals surface area contributed by atoms with E-state index in [-0.39, 0.29) is 22.4 Å². The average Bonchev–Trinajstić information content (AvgIpc) is 2.73. The van der Waals surface area contributed by atoms with Crippen LogP contribution in [0.5, 0.6) is 0 Å². The van der Waals surface area contributed by atoms with Crippen LogP contribution in [0.1, 0.15) is 21.6 Å². The number of nitrogens with zero attached hydrogens (tertiary/aromatic N) is 2. The maximum Gasteiger partial charge on any atom is 0.253 e. The number of carbonyl (C=O) groups is 1. The summed E-state index contributed by atoms with van der Waals surface area (Å²) in [6.45, 7) is 0.249. The molecule has 0 atom stereocenters. The van der Waals surface area contributed by atoms with Gasteiger partial charge in [0, 0.05) is 25.1 Å². The molecule has 0 aliphatic heterocycles. The Morgan fingerprint density at radius 2 is 1.83 bits per heavy atom. The molecule has 1 aromatic carbocycles. The second-order valence-corrected chi connectivity index (χ2v) is 8.15. The van der Waals surface area contributed by atoms with E-state index in [1.54, 1.807) is 36.7 Å². The Hall–Kier alpha value is -2.88. The van der Waals surface area contributed by atoms with Gasteiger partial charge in [-0.1, -0.05) is 11.6 Å². The van der Waals surface area contributed by atoms with Crippen LogP contribution in [0.2, 0.25) is 5.02 Å². The zero-order valence-corrected chi connectivity index (χ0v) is 16.5. The summed E-state index contributed by atoms with van der Waals surface area (Å²) < 4.78 is 40.1. The highest BCUT2D eigenvalue weighted by Gasteiger charge is 2.16. The minimum atomic E-state index is -3.89. The number of rotatable bonds is 7. The number of amides is 1. The Morgan fingerprint density at radius 1 is 1.07 bits per heavy atom. The number of hydrogen-bond acceptors (Lipinski definition) is 5. The van der Waals surface area contributed by atoms with Crippen LogP contribution in [0.15, 0.2) is 66.0 Å². The summed E-state index contributed by atoms with van der Waals surface area (Å²) in [7, 11) is -3.89. The predicted molar refractivity (Wildman–Crippen MR) is 105 cm³/mol. The largest absolute Gasteiger partial charge is 0.348 e. The molecule has 3 aromatic rings. The molecule has 0 saturated carbocycles. The van der Waals surface area contributed by atoms with E-state index in [2.05, 4.69) is 20.0 Å². The number of pyridine rings is 2. The summed E-state index contributed by atoms with van der Waals surface area (Å²) in [6.07, 6.45) is 4.64. The zero-order chi connectivity index (χ0) is 20.9. The molecule has 0 fully saturated rings. The summed E-state index contributed by atoms with van der Waals surface area (Å²) in [5, 5.41) is 2.48. The van der Waals surface area contributed by atoms with E-state index >= 15 is 0 Å². The molecule has 2 heterocycles. The first-order valence-corrected chi connectivity index (χ1v) is 10.3. The van der Waals surface area contributed by atoms with Crippen molar-refractivity contribution < 1.29 is 17.6 Å². The van der Waals surface area contributed by atoms with E-state index in [0.717, 1.165) is 23.8 Å². The number of nitrogens with one attached hydrogen (secondary N) is 2. The van der Waals surface area contributed by atoms with Crippen LogP contribution in [0, 0.1) is 5.82 Å². The van der Waals surface area contributed by atoms with Crippen LogP contribution in [0.3, 0.4) is 0 Å². The standard InChI is InChI=1S/C19H16ClFN4O3S/c20-17-9-16(3-4-18(17)21)29(27,28)25-12-15-2-1-14(11-23-15)19(26)24-10-13-5-7-22-8-6-13/h1-9,11,25H,10,12H2,(H,24,26). The van der Waals surface area contributed by atoms with Gasteiger partial charge in [-0.25, -0.2) is 17.5 Å². The summed E-state index contributed by atoms with van der Waals surface area (Å²) in [4.78, 5) is 20.0. The molecule has 0 bridgehead atoms. The van der Waals surface area contributed by atoms with Crippen molar-refractivity contribution in [1.29, 1.82) is 0 Å². The van der Waals surface area contributed by atoms with Gasteiger partial charge < -0.3 is 5.32 Å². The lowest BCUT2D eigenvalue weighted by molar-refractivity contribution is 0.0950. The molecule has 10 heteroatoms. The molecule has 0 saturated heterocycles. The lowest BCUT2D eigenvalue weighted by Gasteiger charge is -2.08. The average molecular weight is 435 g/mol. The molecule has 0 radical (unpaired) electrons. The topological polar surface area (TPSA) is 101 Å². The lowest BCUT2D eigenvalue weighted by atomic mass is 10.2. The molecule has 3 rings (SSSR count). The summed E-state index contributed by atoms with van der Waals surface area (Å²) in [6, 6.07) is 9.81. The van der Waals surface area contributed by atoms with E-state index in [0.29, 0.717) is 17.8 Å². The van der Waals surface area contributed by atoms with Gasteiger partial charge in [0.1, 0.15) is 5.82 Å². The Kier molecular flexibility index (Phi) is 6.53. The number of benzene rings is 1. The van der Waals surface area contributed by atoms with Crippen LogP contribution in [0.4, 0.5) is 4.39 Å². The first-order chi connectivity index (χ1) is 13.8. The second kappa shape index (κ2) is 9.08. The van der Waals surface area contributed by atoms with Crippen molar-refractivity contribution in [2.45, 2.75) is 18.0 Å². The highest BCUT2D eigenvalue weighted by molar-refractivity contribution is 7.89. The van der Waals surface area contributed by atoms with Crippen molar-refractivity contribution >= 4 is 27.5 Å². The normalized spacial score (nSPS) is 11.2. The predicted octanol–water partition coefficient (Wildman–Crippen LogP) is 2.68.